The number of ether oxygens (including phenoxy) is 1. The number of para-hydroxylation sites is 2. The topological polar surface area (TPSA) is 127 Å². The lowest BCUT2D eigenvalue weighted by molar-refractivity contribution is 0.102. The van der Waals surface area contributed by atoms with Gasteiger partial charge in [-0.05, 0) is 23.6 Å². The summed E-state index contributed by atoms with van der Waals surface area (Å²) in [5.74, 6) is 0.400. The zero-order valence-electron chi connectivity index (χ0n) is 18.0. The molecule has 4 rings (SSSR count). The minimum absolute atomic E-state index is 0.130. The highest BCUT2D eigenvalue weighted by atomic mass is 32.2. The molecule has 33 heavy (non-hydrogen) atoms. The van der Waals surface area contributed by atoms with Gasteiger partial charge in [-0.3, -0.25) is 23.3 Å². The van der Waals surface area contributed by atoms with Crippen molar-refractivity contribution in [1.82, 2.24) is 23.9 Å². The Bertz CT molecular complexity index is 1450. The van der Waals surface area contributed by atoms with Crippen molar-refractivity contribution in [2.45, 2.75) is 5.16 Å². The minimum atomic E-state index is -0.730. The molecule has 0 fully saturated rings. The smallest absolute Gasteiger partial charge is 0.332 e. The molecule has 1 aromatic carbocycles. The Hall–Kier alpha value is -3.64. The van der Waals surface area contributed by atoms with E-state index in [9.17, 15) is 14.4 Å². The fourth-order valence-corrected chi connectivity index (χ4v) is 4.80. The highest BCUT2D eigenvalue weighted by Crippen LogP contribution is 2.34. The Kier molecular flexibility index (Phi) is 6.20. The maximum Gasteiger partial charge on any atom is 0.332 e. The van der Waals surface area contributed by atoms with Crippen LogP contribution < -0.4 is 21.7 Å². The van der Waals surface area contributed by atoms with Gasteiger partial charge in [-0.15, -0.1) is 21.5 Å². The number of hydrogen-bond acceptors (Lipinski definition) is 9. The van der Waals surface area contributed by atoms with Gasteiger partial charge in [0.1, 0.15) is 17.1 Å². The summed E-state index contributed by atoms with van der Waals surface area (Å²) in [6, 6.07) is 11.2. The molecule has 12 heteroatoms. The van der Waals surface area contributed by atoms with Gasteiger partial charge in [0.2, 0.25) is 0 Å². The predicted molar refractivity (Wildman–Crippen MR) is 128 cm³/mol. The number of rotatable bonds is 7. The van der Waals surface area contributed by atoms with Crippen molar-refractivity contribution in [3.05, 3.63) is 68.2 Å². The van der Waals surface area contributed by atoms with Crippen LogP contribution in [0.5, 0.6) is 5.75 Å². The molecule has 0 saturated carbocycles. The number of anilines is 1. The fourth-order valence-electron chi connectivity index (χ4n) is 3.28. The molecule has 0 unspecified atom stereocenters. The van der Waals surface area contributed by atoms with Crippen LogP contribution in [0.2, 0.25) is 0 Å². The summed E-state index contributed by atoms with van der Waals surface area (Å²) in [4.78, 5) is 38.4. The third kappa shape index (κ3) is 3.98. The lowest BCUT2D eigenvalue weighted by Gasteiger charge is -2.13. The van der Waals surface area contributed by atoms with Crippen LogP contribution in [0.25, 0.3) is 16.4 Å². The summed E-state index contributed by atoms with van der Waals surface area (Å²) >= 11 is 2.62. The maximum atomic E-state index is 13.0. The van der Waals surface area contributed by atoms with Crippen molar-refractivity contribution in [2.75, 3.05) is 18.6 Å². The van der Waals surface area contributed by atoms with Gasteiger partial charge in [0.05, 0.1) is 23.4 Å². The third-order valence-electron chi connectivity index (χ3n) is 5.02. The monoisotopic (exact) mass is 484 g/mol. The average Bonchev–Trinajstić information content (AvgIpc) is 3.50. The van der Waals surface area contributed by atoms with Gasteiger partial charge in [0.25, 0.3) is 5.56 Å². The largest absolute Gasteiger partial charge is 0.495 e. The van der Waals surface area contributed by atoms with Crippen LogP contribution in [-0.2, 0) is 14.1 Å². The summed E-state index contributed by atoms with van der Waals surface area (Å²) in [5, 5.41) is 11.0. The fraction of sp³-hybridized carbons (Fsp3) is 0.190. The van der Waals surface area contributed by atoms with E-state index in [0.717, 1.165) is 25.8 Å². The Balaban J connectivity index is 1.74. The van der Waals surface area contributed by atoms with Crippen molar-refractivity contribution in [2.24, 2.45) is 14.1 Å². The molecule has 2 N–H and O–H groups in total. The molecule has 4 aromatic rings. The predicted octanol–water partition coefficient (Wildman–Crippen LogP) is 1.96. The van der Waals surface area contributed by atoms with E-state index in [1.165, 1.54) is 25.4 Å². The van der Waals surface area contributed by atoms with Crippen molar-refractivity contribution < 1.29 is 9.53 Å². The van der Waals surface area contributed by atoms with E-state index in [2.05, 4.69) is 10.2 Å². The SMILES string of the molecule is COc1ccccc1-n1c(SCC(=O)c2c(N)n(C)c(=O)n(C)c2=O)nnc1-c1cccs1. The Morgan fingerprint density at radius 2 is 1.88 bits per heavy atom. The molecule has 0 aliphatic rings. The molecule has 170 valence electrons. The first kappa shape index (κ1) is 22.6. The number of Topliss-reactive ketones (excluding diaryl/α,β-unsaturated/α-hetero) is 1. The van der Waals surface area contributed by atoms with Crippen LogP contribution in [0.3, 0.4) is 0 Å². The number of nitrogen functional groups attached to an aromatic ring is 1. The van der Waals surface area contributed by atoms with Crippen LogP contribution >= 0.6 is 23.1 Å². The molecular weight excluding hydrogens is 464 g/mol. The highest BCUT2D eigenvalue weighted by Gasteiger charge is 2.23. The van der Waals surface area contributed by atoms with Crippen LogP contribution in [0.1, 0.15) is 10.4 Å². The molecule has 3 aromatic heterocycles. The van der Waals surface area contributed by atoms with Gasteiger partial charge in [-0.25, -0.2) is 4.79 Å². The standard InChI is InChI=1S/C21H20N6O4S2/c1-25-17(22)16(19(29)26(2)21(25)30)13(28)11-33-20-24-23-18(15-9-6-10-32-15)27(20)12-7-4-5-8-14(12)31-3/h4-10H,11,22H2,1-3H3. The zero-order valence-corrected chi connectivity index (χ0v) is 19.6. The normalized spacial score (nSPS) is 11.0. The number of carbonyl (C=O) groups is 1. The summed E-state index contributed by atoms with van der Waals surface area (Å²) in [6.45, 7) is 0. The van der Waals surface area contributed by atoms with Gasteiger partial charge in [0, 0.05) is 14.1 Å². The zero-order chi connectivity index (χ0) is 23.7. The van der Waals surface area contributed by atoms with Crippen LogP contribution in [0, 0.1) is 0 Å². The number of benzene rings is 1. The number of nitrogens with zero attached hydrogens (tertiary/aromatic N) is 5. The second-order valence-corrected chi connectivity index (χ2v) is 8.86. The van der Waals surface area contributed by atoms with Crippen molar-refractivity contribution in [3.63, 3.8) is 0 Å². The molecule has 0 spiro atoms. The molecule has 0 aliphatic carbocycles. The van der Waals surface area contributed by atoms with Crippen molar-refractivity contribution in [3.8, 4) is 22.1 Å². The quantitative estimate of drug-likeness (QED) is 0.312. The number of hydrogen-bond donors (Lipinski definition) is 1. The Morgan fingerprint density at radius 3 is 2.58 bits per heavy atom. The number of nitrogens with two attached hydrogens (primary N) is 1. The second kappa shape index (κ2) is 9.08. The van der Waals surface area contributed by atoms with E-state index in [-0.39, 0.29) is 17.1 Å². The molecule has 3 heterocycles. The number of methoxy groups -OCH3 is 1. The molecular formula is C21H20N6O4S2. The lowest BCUT2D eigenvalue weighted by Crippen LogP contribution is -2.41. The Labute approximate surface area is 196 Å². The van der Waals surface area contributed by atoms with E-state index in [1.54, 1.807) is 7.11 Å². The number of ketones is 1. The highest BCUT2D eigenvalue weighted by molar-refractivity contribution is 7.99. The van der Waals surface area contributed by atoms with Gasteiger partial charge in [-0.2, -0.15) is 0 Å². The van der Waals surface area contributed by atoms with Crippen LogP contribution in [0.15, 0.2) is 56.5 Å². The summed E-state index contributed by atoms with van der Waals surface area (Å²) in [6.07, 6.45) is 0. The number of aromatic nitrogens is 5. The van der Waals surface area contributed by atoms with Crippen molar-refractivity contribution in [1.29, 1.82) is 0 Å². The summed E-state index contributed by atoms with van der Waals surface area (Å²) in [5.41, 5.74) is 5.07. The van der Waals surface area contributed by atoms with Crippen LogP contribution in [0.4, 0.5) is 5.82 Å². The molecule has 0 atom stereocenters. The van der Waals surface area contributed by atoms with E-state index in [1.807, 2.05) is 46.3 Å². The van der Waals surface area contributed by atoms with Crippen molar-refractivity contribution >= 4 is 34.7 Å². The van der Waals surface area contributed by atoms with E-state index in [4.69, 9.17) is 10.5 Å². The minimum Gasteiger partial charge on any atom is -0.495 e. The Morgan fingerprint density at radius 1 is 1.12 bits per heavy atom. The number of thiophene rings is 1. The third-order valence-corrected chi connectivity index (χ3v) is 6.82. The van der Waals surface area contributed by atoms with E-state index < -0.39 is 17.0 Å². The summed E-state index contributed by atoms with van der Waals surface area (Å²) < 4.78 is 9.27. The first-order valence-corrected chi connectivity index (χ1v) is 11.6. The molecule has 0 bridgehead atoms. The molecule has 10 nitrogen and oxygen atoms in total. The average molecular weight is 485 g/mol. The second-order valence-electron chi connectivity index (χ2n) is 6.97. The lowest BCUT2D eigenvalue weighted by atomic mass is 10.2. The first-order valence-electron chi connectivity index (χ1n) is 9.69. The summed E-state index contributed by atoms with van der Waals surface area (Å²) in [7, 11) is 4.29. The first-order chi connectivity index (χ1) is 15.8. The van der Waals surface area contributed by atoms with Gasteiger partial charge in [0.15, 0.2) is 16.8 Å². The number of thioether (sulfide) groups is 1. The van der Waals surface area contributed by atoms with E-state index in [0.29, 0.717) is 22.4 Å². The van der Waals surface area contributed by atoms with Gasteiger partial charge >= 0.3 is 5.69 Å². The van der Waals surface area contributed by atoms with E-state index >= 15 is 0 Å². The maximum absolute atomic E-state index is 13.0. The molecule has 0 amide bonds. The number of carbonyl (C=O) groups excluding carboxylic acids is 1. The molecule has 0 saturated heterocycles. The van der Waals surface area contributed by atoms with Gasteiger partial charge in [-0.1, -0.05) is 30.0 Å². The molecule has 0 aliphatic heterocycles. The van der Waals surface area contributed by atoms with Gasteiger partial charge < -0.3 is 10.5 Å². The van der Waals surface area contributed by atoms with Crippen LogP contribution in [-0.4, -0.2) is 42.5 Å². The molecule has 0 radical (unpaired) electrons.